The zero-order chi connectivity index (χ0) is 17.6. The molecular weight excluding hydrogens is 316 g/mol. The molecule has 1 aromatic heterocycles. The number of rotatable bonds is 7. The third-order valence-electron chi connectivity index (χ3n) is 4.70. The summed E-state index contributed by atoms with van der Waals surface area (Å²) in [6.45, 7) is 7.11. The van der Waals surface area contributed by atoms with E-state index in [0.29, 0.717) is 13.2 Å². The van der Waals surface area contributed by atoms with Crippen LogP contribution in [0.4, 0.5) is 0 Å². The Labute approximate surface area is 149 Å². The van der Waals surface area contributed by atoms with Crippen LogP contribution in [-0.2, 0) is 24.9 Å². The molecule has 1 saturated heterocycles. The fraction of sp³-hybridized carbons (Fsp3) is 0.526. The normalized spacial score (nSPS) is 18.4. The molecule has 2 heterocycles. The molecular formula is C19H28N4O2. The van der Waals surface area contributed by atoms with Gasteiger partial charge in [-0.2, -0.15) is 0 Å². The first-order valence-electron chi connectivity index (χ1n) is 8.88. The fourth-order valence-electron chi connectivity index (χ4n) is 3.38. The van der Waals surface area contributed by atoms with Gasteiger partial charge in [-0.1, -0.05) is 6.07 Å². The van der Waals surface area contributed by atoms with Crippen molar-refractivity contribution in [2.24, 2.45) is 7.05 Å². The van der Waals surface area contributed by atoms with Crippen LogP contribution in [0.15, 0.2) is 30.6 Å². The summed E-state index contributed by atoms with van der Waals surface area (Å²) < 4.78 is 13.2. The van der Waals surface area contributed by atoms with Crippen molar-refractivity contribution in [1.29, 1.82) is 0 Å². The highest BCUT2D eigenvalue weighted by atomic mass is 16.5. The monoisotopic (exact) mass is 344 g/mol. The van der Waals surface area contributed by atoms with E-state index in [1.807, 2.05) is 25.4 Å². The number of nitrogens with zero attached hydrogens (tertiary/aromatic N) is 3. The molecule has 1 aliphatic rings. The summed E-state index contributed by atoms with van der Waals surface area (Å²) in [4.78, 5) is 7.05. The van der Waals surface area contributed by atoms with Gasteiger partial charge in [0.25, 0.3) is 0 Å². The molecule has 1 atom stereocenters. The predicted molar refractivity (Wildman–Crippen MR) is 97.6 cm³/mol. The minimum Gasteiger partial charge on any atom is -0.496 e. The van der Waals surface area contributed by atoms with E-state index in [4.69, 9.17) is 9.47 Å². The van der Waals surface area contributed by atoms with E-state index < -0.39 is 0 Å². The molecule has 0 radical (unpaired) electrons. The average Bonchev–Trinajstić information content (AvgIpc) is 3.06. The lowest BCUT2D eigenvalue weighted by atomic mass is 10.1. The molecule has 6 nitrogen and oxygen atoms in total. The van der Waals surface area contributed by atoms with Crippen LogP contribution in [-0.4, -0.2) is 47.8 Å². The number of imidazole rings is 1. The minimum absolute atomic E-state index is 0.284. The second-order valence-electron chi connectivity index (χ2n) is 6.37. The van der Waals surface area contributed by atoms with Crippen molar-refractivity contribution in [2.75, 3.05) is 33.4 Å². The summed E-state index contributed by atoms with van der Waals surface area (Å²) in [6.07, 6.45) is 3.88. The van der Waals surface area contributed by atoms with Crippen LogP contribution in [0.3, 0.4) is 0 Å². The minimum atomic E-state index is 0.284. The van der Waals surface area contributed by atoms with Crippen molar-refractivity contribution in [3.63, 3.8) is 0 Å². The van der Waals surface area contributed by atoms with E-state index in [9.17, 15) is 0 Å². The highest BCUT2D eigenvalue weighted by Gasteiger charge is 2.26. The van der Waals surface area contributed by atoms with E-state index in [2.05, 4.69) is 38.9 Å². The lowest BCUT2D eigenvalue weighted by molar-refractivity contribution is 0.131. The molecule has 25 heavy (non-hydrogen) atoms. The Kier molecular flexibility index (Phi) is 6.07. The van der Waals surface area contributed by atoms with E-state index >= 15 is 0 Å². The van der Waals surface area contributed by atoms with E-state index in [-0.39, 0.29) is 6.04 Å². The lowest BCUT2D eigenvalue weighted by Crippen LogP contribution is -2.46. The molecule has 2 aromatic rings. The molecule has 0 bridgehead atoms. The number of nitrogens with one attached hydrogen (secondary N) is 1. The number of aryl methyl sites for hydroxylation is 1. The summed E-state index contributed by atoms with van der Waals surface area (Å²) in [5, 5.41) is 3.49. The van der Waals surface area contributed by atoms with Crippen molar-refractivity contribution < 1.29 is 9.47 Å². The summed E-state index contributed by atoms with van der Waals surface area (Å²) in [5.74, 6) is 1.99. The van der Waals surface area contributed by atoms with Crippen molar-refractivity contribution in [3.05, 3.63) is 47.5 Å². The van der Waals surface area contributed by atoms with Crippen molar-refractivity contribution in [1.82, 2.24) is 19.8 Å². The SMILES string of the molecule is CCOCc1cc(CN2CCNCC2c2nccn2C)ccc1OC. The summed E-state index contributed by atoms with van der Waals surface area (Å²) in [6, 6.07) is 6.67. The summed E-state index contributed by atoms with van der Waals surface area (Å²) in [7, 11) is 3.76. The molecule has 0 amide bonds. The molecule has 3 rings (SSSR count). The van der Waals surface area contributed by atoms with Gasteiger partial charge in [-0.25, -0.2) is 4.98 Å². The first-order valence-corrected chi connectivity index (χ1v) is 8.88. The number of methoxy groups -OCH3 is 1. The Bertz CT molecular complexity index is 686. The Morgan fingerprint density at radius 1 is 1.36 bits per heavy atom. The average molecular weight is 344 g/mol. The van der Waals surface area contributed by atoms with Gasteiger partial charge in [0.05, 0.1) is 19.8 Å². The van der Waals surface area contributed by atoms with Crippen LogP contribution in [0.1, 0.15) is 29.9 Å². The van der Waals surface area contributed by atoms with Crippen LogP contribution in [0.25, 0.3) is 0 Å². The molecule has 136 valence electrons. The highest BCUT2D eigenvalue weighted by molar-refractivity contribution is 5.37. The number of hydrogen-bond acceptors (Lipinski definition) is 5. The predicted octanol–water partition coefficient (Wildman–Crippen LogP) is 2.11. The van der Waals surface area contributed by atoms with Gasteiger partial charge < -0.3 is 19.4 Å². The molecule has 0 spiro atoms. The van der Waals surface area contributed by atoms with Crippen LogP contribution in [0.2, 0.25) is 0 Å². The molecule has 6 heteroatoms. The second kappa shape index (κ2) is 8.47. The quantitative estimate of drug-likeness (QED) is 0.834. The Hall–Kier alpha value is -1.89. The molecule has 1 unspecified atom stereocenters. The number of ether oxygens (including phenoxy) is 2. The smallest absolute Gasteiger partial charge is 0.127 e. The van der Waals surface area contributed by atoms with Crippen molar-refractivity contribution in [3.8, 4) is 5.75 Å². The maximum absolute atomic E-state index is 5.59. The molecule has 1 N–H and O–H groups in total. The van der Waals surface area contributed by atoms with Crippen LogP contribution in [0, 0.1) is 0 Å². The molecule has 1 aliphatic heterocycles. The van der Waals surface area contributed by atoms with Gasteiger partial charge in [-0.15, -0.1) is 0 Å². The highest BCUT2D eigenvalue weighted by Crippen LogP contribution is 2.26. The van der Waals surface area contributed by atoms with E-state index in [1.165, 1.54) is 5.56 Å². The first kappa shape index (κ1) is 17.9. The zero-order valence-electron chi connectivity index (χ0n) is 15.4. The Morgan fingerprint density at radius 3 is 2.96 bits per heavy atom. The van der Waals surface area contributed by atoms with Crippen molar-refractivity contribution in [2.45, 2.75) is 26.1 Å². The topological polar surface area (TPSA) is 51.5 Å². The van der Waals surface area contributed by atoms with Gasteiger partial charge in [-0.3, -0.25) is 4.90 Å². The Morgan fingerprint density at radius 2 is 2.24 bits per heavy atom. The largest absolute Gasteiger partial charge is 0.496 e. The van der Waals surface area contributed by atoms with Crippen LogP contribution in [0.5, 0.6) is 5.75 Å². The van der Waals surface area contributed by atoms with Gasteiger partial charge in [-0.05, 0) is 24.6 Å². The number of aromatic nitrogens is 2. The third-order valence-corrected chi connectivity index (χ3v) is 4.70. The Balaban J connectivity index is 1.78. The molecule has 1 fully saturated rings. The zero-order valence-corrected chi connectivity index (χ0v) is 15.4. The van der Waals surface area contributed by atoms with Gasteiger partial charge in [0.2, 0.25) is 0 Å². The van der Waals surface area contributed by atoms with E-state index in [1.54, 1.807) is 7.11 Å². The molecule has 1 aromatic carbocycles. The standard InChI is InChI=1S/C19H28N4O2/c1-4-25-14-16-11-15(5-6-18(16)24-3)13-23-10-7-20-12-17(23)19-21-8-9-22(19)2/h5-6,8-9,11,17,20H,4,7,10,12-14H2,1-3H3. The number of benzene rings is 1. The van der Waals surface area contributed by atoms with E-state index in [0.717, 1.165) is 43.3 Å². The molecule has 0 saturated carbocycles. The summed E-state index contributed by atoms with van der Waals surface area (Å²) >= 11 is 0. The van der Waals surface area contributed by atoms with Gasteiger partial charge in [0.1, 0.15) is 11.6 Å². The van der Waals surface area contributed by atoms with Crippen LogP contribution >= 0.6 is 0 Å². The maximum atomic E-state index is 5.59. The van der Waals surface area contributed by atoms with Crippen LogP contribution < -0.4 is 10.1 Å². The van der Waals surface area contributed by atoms with Crippen molar-refractivity contribution >= 4 is 0 Å². The fourth-order valence-corrected chi connectivity index (χ4v) is 3.38. The van der Waals surface area contributed by atoms with Gasteiger partial charge in [0.15, 0.2) is 0 Å². The maximum Gasteiger partial charge on any atom is 0.127 e. The third kappa shape index (κ3) is 4.21. The van der Waals surface area contributed by atoms with Gasteiger partial charge in [0, 0.05) is 57.8 Å². The summed E-state index contributed by atoms with van der Waals surface area (Å²) in [5.41, 5.74) is 2.38. The lowest BCUT2D eigenvalue weighted by Gasteiger charge is -2.35. The first-order chi connectivity index (χ1) is 12.2. The second-order valence-corrected chi connectivity index (χ2v) is 6.37. The number of piperazine rings is 1. The molecule has 0 aliphatic carbocycles. The number of hydrogen-bond donors (Lipinski definition) is 1. The van der Waals surface area contributed by atoms with Gasteiger partial charge >= 0.3 is 0 Å².